The highest BCUT2D eigenvalue weighted by molar-refractivity contribution is 7.07. The van der Waals surface area contributed by atoms with E-state index in [1.807, 2.05) is 5.38 Å². The first-order chi connectivity index (χ1) is 8.77. The molecule has 0 bridgehead atoms. The summed E-state index contributed by atoms with van der Waals surface area (Å²) in [4.78, 5) is 12.5. The number of hydrogen-bond acceptors (Lipinski definition) is 3. The maximum atomic E-state index is 12.5. The lowest BCUT2D eigenvalue weighted by Crippen LogP contribution is -2.47. The predicted octanol–water partition coefficient (Wildman–Crippen LogP) is 2.53. The summed E-state index contributed by atoms with van der Waals surface area (Å²) in [6, 6.07) is 2.07. The molecule has 100 valence electrons. The van der Waals surface area contributed by atoms with Gasteiger partial charge in [0.25, 0.3) is 0 Å². The van der Waals surface area contributed by atoms with Gasteiger partial charge in [-0.1, -0.05) is 13.3 Å². The van der Waals surface area contributed by atoms with Crippen LogP contribution in [0.2, 0.25) is 0 Å². The molecule has 0 aromatic carbocycles. The fourth-order valence-corrected chi connectivity index (χ4v) is 3.41. The van der Waals surface area contributed by atoms with E-state index >= 15 is 0 Å². The molecular weight excluding hydrogens is 244 g/mol. The van der Waals surface area contributed by atoms with Crippen LogP contribution < -0.4 is 10.6 Å². The second-order valence-corrected chi connectivity index (χ2v) is 5.87. The van der Waals surface area contributed by atoms with Crippen molar-refractivity contribution in [3.63, 3.8) is 0 Å². The number of amides is 1. The van der Waals surface area contributed by atoms with Gasteiger partial charge in [0, 0.05) is 6.54 Å². The lowest BCUT2D eigenvalue weighted by molar-refractivity contribution is -0.133. The third-order valence-electron chi connectivity index (χ3n) is 3.80. The van der Waals surface area contributed by atoms with Crippen molar-refractivity contribution in [3.05, 3.63) is 22.4 Å². The molecule has 1 fully saturated rings. The monoisotopic (exact) mass is 266 g/mol. The average molecular weight is 266 g/mol. The first-order valence-electron chi connectivity index (χ1n) is 6.77. The fourth-order valence-electron chi connectivity index (χ4n) is 2.74. The normalized spacial score (nSPS) is 18.5. The molecule has 0 aliphatic carbocycles. The van der Waals surface area contributed by atoms with Crippen LogP contribution in [0.4, 0.5) is 0 Å². The van der Waals surface area contributed by atoms with Crippen molar-refractivity contribution < 1.29 is 4.79 Å². The Labute approximate surface area is 113 Å². The molecule has 2 heterocycles. The van der Waals surface area contributed by atoms with E-state index in [0.29, 0.717) is 6.54 Å². The molecule has 2 rings (SSSR count). The first-order valence-corrected chi connectivity index (χ1v) is 7.71. The molecule has 0 spiro atoms. The van der Waals surface area contributed by atoms with Crippen LogP contribution in [-0.4, -0.2) is 19.0 Å². The summed E-state index contributed by atoms with van der Waals surface area (Å²) >= 11 is 1.67. The van der Waals surface area contributed by atoms with Crippen molar-refractivity contribution >= 4 is 17.2 Å². The van der Waals surface area contributed by atoms with Crippen LogP contribution in [0.25, 0.3) is 0 Å². The summed E-state index contributed by atoms with van der Waals surface area (Å²) in [5.41, 5.74) is 1.07. The smallest absolute Gasteiger partial charge is 0.226 e. The van der Waals surface area contributed by atoms with E-state index in [-0.39, 0.29) is 11.3 Å². The van der Waals surface area contributed by atoms with Crippen molar-refractivity contribution in [1.82, 2.24) is 10.6 Å². The summed E-state index contributed by atoms with van der Waals surface area (Å²) in [5, 5.41) is 10.6. The minimum Gasteiger partial charge on any atom is -0.352 e. The molecule has 1 aliphatic heterocycles. The zero-order chi connectivity index (χ0) is 12.8. The Hall–Kier alpha value is -0.870. The van der Waals surface area contributed by atoms with Gasteiger partial charge in [-0.15, -0.1) is 0 Å². The molecule has 4 heteroatoms. The van der Waals surface area contributed by atoms with Crippen molar-refractivity contribution in [2.75, 3.05) is 13.1 Å². The Kier molecular flexibility index (Phi) is 4.78. The maximum Gasteiger partial charge on any atom is 0.226 e. The number of carbonyl (C=O) groups is 1. The molecule has 1 saturated heterocycles. The minimum absolute atomic E-state index is 0.129. The molecule has 0 saturated carbocycles. The molecule has 0 radical (unpaired) electrons. The molecule has 1 aromatic heterocycles. The third-order valence-corrected chi connectivity index (χ3v) is 4.54. The topological polar surface area (TPSA) is 41.1 Å². The molecular formula is C14H22N2OS. The molecule has 1 aliphatic rings. The van der Waals surface area contributed by atoms with E-state index in [1.165, 1.54) is 5.56 Å². The standard InChI is InChI=1S/C14H22N2OS/c1-2-4-14(5-7-15-8-6-14)13(17)16-10-12-3-9-18-11-12/h3,9,11,15H,2,4-8,10H2,1H3,(H,16,17). The number of thiophene rings is 1. The van der Waals surface area contributed by atoms with Crippen molar-refractivity contribution in [3.8, 4) is 0 Å². The van der Waals surface area contributed by atoms with E-state index < -0.39 is 0 Å². The number of piperidine rings is 1. The van der Waals surface area contributed by atoms with Crippen LogP contribution >= 0.6 is 11.3 Å². The van der Waals surface area contributed by atoms with Crippen LogP contribution in [0.5, 0.6) is 0 Å². The lowest BCUT2D eigenvalue weighted by atomic mass is 9.74. The third kappa shape index (κ3) is 3.12. The zero-order valence-electron chi connectivity index (χ0n) is 11.0. The number of carbonyl (C=O) groups excluding carboxylic acids is 1. The van der Waals surface area contributed by atoms with E-state index in [9.17, 15) is 4.79 Å². The summed E-state index contributed by atoms with van der Waals surface area (Å²) < 4.78 is 0. The van der Waals surface area contributed by atoms with Gasteiger partial charge in [0.15, 0.2) is 0 Å². The van der Waals surface area contributed by atoms with Gasteiger partial charge in [-0.3, -0.25) is 4.79 Å². The van der Waals surface area contributed by atoms with E-state index in [1.54, 1.807) is 11.3 Å². The van der Waals surface area contributed by atoms with E-state index in [2.05, 4.69) is 29.0 Å². The summed E-state index contributed by atoms with van der Waals surface area (Å²) in [6.07, 6.45) is 4.02. The molecule has 3 nitrogen and oxygen atoms in total. The van der Waals surface area contributed by atoms with Gasteiger partial charge in [-0.2, -0.15) is 11.3 Å². The summed E-state index contributed by atoms with van der Waals surface area (Å²) in [6.45, 7) is 4.76. The first kappa shape index (κ1) is 13.6. The highest BCUT2D eigenvalue weighted by Gasteiger charge is 2.38. The van der Waals surface area contributed by atoms with Crippen molar-refractivity contribution in [1.29, 1.82) is 0 Å². The van der Waals surface area contributed by atoms with Crippen LogP contribution in [0.1, 0.15) is 38.2 Å². The van der Waals surface area contributed by atoms with Crippen LogP contribution in [0, 0.1) is 5.41 Å². The average Bonchev–Trinajstić information content (AvgIpc) is 2.90. The Morgan fingerprint density at radius 1 is 1.50 bits per heavy atom. The molecule has 1 amide bonds. The van der Waals surface area contributed by atoms with Crippen molar-refractivity contribution in [2.45, 2.75) is 39.2 Å². The Morgan fingerprint density at radius 3 is 2.89 bits per heavy atom. The Bertz CT molecular complexity index is 364. The predicted molar refractivity (Wildman–Crippen MR) is 75.6 cm³/mol. The molecule has 18 heavy (non-hydrogen) atoms. The van der Waals surface area contributed by atoms with Crippen LogP contribution in [-0.2, 0) is 11.3 Å². The Morgan fingerprint density at radius 2 is 2.28 bits per heavy atom. The Balaban J connectivity index is 1.95. The summed E-state index contributed by atoms with van der Waals surface area (Å²) in [5.74, 6) is 0.247. The second kappa shape index (κ2) is 6.34. The largest absolute Gasteiger partial charge is 0.352 e. The number of rotatable bonds is 5. The van der Waals surface area contributed by atoms with Gasteiger partial charge in [0.05, 0.1) is 5.41 Å². The highest BCUT2D eigenvalue weighted by atomic mass is 32.1. The van der Waals surface area contributed by atoms with E-state index in [0.717, 1.165) is 38.8 Å². The fraction of sp³-hybridized carbons (Fsp3) is 0.643. The maximum absolute atomic E-state index is 12.5. The van der Waals surface area contributed by atoms with Gasteiger partial charge in [-0.25, -0.2) is 0 Å². The number of hydrogen-bond donors (Lipinski definition) is 2. The highest BCUT2D eigenvalue weighted by Crippen LogP contribution is 2.34. The minimum atomic E-state index is -0.129. The quantitative estimate of drug-likeness (QED) is 0.860. The molecule has 2 N–H and O–H groups in total. The van der Waals surface area contributed by atoms with Crippen LogP contribution in [0.3, 0.4) is 0 Å². The lowest BCUT2D eigenvalue weighted by Gasteiger charge is -2.36. The van der Waals surface area contributed by atoms with Gasteiger partial charge < -0.3 is 10.6 Å². The molecule has 0 unspecified atom stereocenters. The molecule has 0 atom stereocenters. The SMILES string of the molecule is CCCC1(C(=O)NCc2ccsc2)CCNCC1. The van der Waals surface area contributed by atoms with Crippen molar-refractivity contribution in [2.24, 2.45) is 5.41 Å². The van der Waals surface area contributed by atoms with Gasteiger partial charge in [-0.05, 0) is 54.7 Å². The van der Waals surface area contributed by atoms with Gasteiger partial charge in [0.1, 0.15) is 0 Å². The van der Waals surface area contributed by atoms with Crippen LogP contribution in [0.15, 0.2) is 16.8 Å². The van der Waals surface area contributed by atoms with E-state index in [4.69, 9.17) is 0 Å². The van der Waals surface area contributed by atoms with Gasteiger partial charge in [0.2, 0.25) is 5.91 Å². The zero-order valence-corrected chi connectivity index (χ0v) is 11.8. The number of nitrogens with one attached hydrogen (secondary N) is 2. The van der Waals surface area contributed by atoms with Gasteiger partial charge >= 0.3 is 0 Å². The second-order valence-electron chi connectivity index (χ2n) is 5.09. The summed E-state index contributed by atoms with van der Waals surface area (Å²) in [7, 11) is 0. The molecule has 1 aromatic rings.